The van der Waals surface area contributed by atoms with Gasteiger partial charge in [0.25, 0.3) is 0 Å². The highest BCUT2D eigenvalue weighted by Gasteiger charge is 2.19. The summed E-state index contributed by atoms with van der Waals surface area (Å²) in [4.78, 5) is 22.0. The van der Waals surface area contributed by atoms with Crippen LogP contribution in [0.3, 0.4) is 0 Å². The molecule has 0 saturated carbocycles. The van der Waals surface area contributed by atoms with Crippen molar-refractivity contribution in [2.45, 2.75) is 6.42 Å². The molecule has 2 aromatic rings. The van der Waals surface area contributed by atoms with Crippen LogP contribution in [0.1, 0.15) is 11.1 Å². The number of carbonyl (C=O) groups is 1. The second kappa shape index (κ2) is 8.25. The van der Waals surface area contributed by atoms with Crippen LogP contribution in [0.15, 0.2) is 46.0 Å². The van der Waals surface area contributed by atoms with Gasteiger partial charge >= 0.3 is 5.69 Å². The minimum absolute atomic E-state index is 0.0585. The van der Waals surface area contributed by atoms with Crippen molar-refractivity contribution in [3.63, 3.8) is 0 Å². The average molecular weight is 408 g/mol. The van der Waals surface area contributed by atoms with E-state index < -0.39 is 16.4 Å². The van der Waals surface area contributed by atoms with Crippen molar-refractivity contribution in [1.82, 2.24) is 5.43 Å². The highest BCUT2D eigenvalue weighted by Crippen LogP contribution is 2.36. The molecule has 0 aliphatic carbocycles. The van der Waals surface area contributed by atoms with Gasteiger partial charge in [-0.3, -0.25) is 14.9 Å². The molecular weight excluding hydrogens is 394 g/mol. The van der Waals surface area contributed by atoms with Gasteiger partial charge in [-0.2, -0.15) is 5.10 Å². The van der Waals surface area contributed by atoms with Crippen LogP contribution in [0, 0.1) is 10.1 Å². The Hall–Kier alpha value is -2.94. The second-order valence-electron chi connectivity index (χ2n) is 4.94. The molecule has 25 heavy (non-hydrogen) atoms. The fraction of sp³-hybridized carbons (Fsp3) is 0.125. The smallest absolute Gasteiger partial charge is 0.315 e. The van der Waals surface area contributed by atoms with Crippen LogP contribution in [-0.4, -0.2) is 29.3 Å². The Bertz CT molecular complexity index is 821. The number of halogens is 1. The number of phenolic OH excluding ortho intramolecular Hbond substituents is 1. The lowest BCUT2D eigenvalue weighted by molar-refractivity contribution is -0.386. The van der Waals surface area contributed by atoms with E-state index in [1.165, 1.54) is 19.4 Å². The SMILES string of the molecule is COc1cc(/C=N/NC(=O)Cc2ccc(Br)cc2)cc([N+](=O)[O-])c1O. The number of benzene rings is 2. The van der Waals surface area contributed by atoms with Gasteiger partial charge in [-0.15, -0.1) is 0 Å². The lowest BCUT2D eigenvalue weighted by Crippen LogP contribution is -2.19. The number of nitrogens with one attached hydrogen (secondary N) is 1. The topological polar surface area (TPSA) is 114 Å². The van der Waals surface area contributed by atoms with E-state index in [0.717, 1.165) is 16.1 Å². The lowest BCUT2D eigenvalue weighted by atomic mass is 10.1. The maximum Gasteiger partial charge on any atom is 0.315 e. The molecule has 0 spiro atoms. The zero-order valence-corrected chi connectivity index (χ0v) is 14.7. The quantitative estimate of drug-likeness (QED) is 0.434. The van der Waals surface area contributed by atoms with E-state index in [1.807, 2.05) is 24.3 Å². The van der Waals surface area contributed by atoms with E-state index in [0.29, 0.717) is 5.56 Å². The van der Waals surface area contributed by atoms with E-state index in [1.54, 1.807) is 0 Å². The Morgan fingerprint density at radius 3 is 2.68 bits per heavy atom. The van der Waals surface area contributed by atoms with Crippen LogP contribution in [-0.2, 0) is 11.2 Å². The van der Waals surface area contributed by atoms with Crippen LogP contribution in [0.25, 0.3) is 0 Å². The molecule has 2 N–H and O–H groups in total. The van der Waals surface area contributed by atoms with Crippen LogP contribution in [0.5, 0.6) is 11.5 Å². The first-order valence-corrected chi connectivity index (χ1v) is 7.81. The first kappa shape index (κ1) is 18.4. The number of amides is 1. The maximum atomic E-state index is 11.8. The van der Waals surface area contributed by atoms with Crippen LogP contribution in [0.2, 0.25) is 0 Å². The van der Waals surface area contributed by atoms with Crippen molar-refractivity contribution in [3.8, 4) is 11.5 Å². The van der Waals surface area contributed by atoms with Crippen molar-refractivity contribution >= 4 is 33.7 Å². The molecule has 0 atom stereocenters. The number of nitrogens with zero attached hydrogens (tertiary/aromatic N) is 2. The number of aromatic hydroxyl groups is 1. The van der Waals surface area contributed by atoms with Crippen molar-refractivity contribution < 1.29 is 19.6 Å². The number of nitro benzene ring substituents is 1. The van der Waals surface area contributed by atoms with E-state index in [-0.39, 0.29) is 18.1 Å². The van der Waals surface area contributed by atoms with Gasteiger partial charge in [0.1, 0.15) is 0 Å². The van der Waals surface area contributed by atoms with E-state index >= 15 is 0 Å². The van der Waals surface area contributed by atoms with Crippen molar-refractivity contribution in [1.29, 1.82) is 0 Å². The minimum atomic E-state index is -0.735. The fourth-order valence-electron chi connectivity index (χ4n) is 1.99. The lowest BCUT2D eigenvalue weighted by Gasteiger charge is -2.05. The molecule has 0 fully saturated rings. The summed E-state index contributed by atoms with van der Waals surface area (Å²) >= 11 is 3.31. The summed E-state index contributed by atoms with van der Waals surface area (Å²) in [5.41, 5.74) is 2.94. The van der Waals surface area contributed by atoms with Crippen LogP contribution >= 0.6 is 15.9 Å². The molecule has 0 radical (unpaired) electrons. The first-order valence-electron chi connectivity index (χ1n) is 7.02. The van der Waals surface area contributed by atoms with Gasteiger partial charge in [-0.1, -0.05) is 28.1 Å². The van der Waals surface area contributed by atoms with Gasteiger partial charge in [-0.05, 0) is 23.8 Å². The predicted molar refractivity (Wildman–Crippen MR) is 94.9 cm³/mol. The summed E-state index contributed by atoms with van der Waals surface area (Å²) in [6.07, 6.45) is 1.37. The Labute approximate surface area is 151 Å². The van der Waals surface area contributed by atoms with Crippen molar-refractivity contribution in [3.05, 3.63) is 62.1 Å². The summed E-state index contributed by atoms with van der Waals surface area (Å²) in [7, 11) is 1.28. The minimum Gasteiger partial charge on any atom is -0.500 e. The van der Waals surface area contributed by atoms with Crippen molar-refractivity contribution in [2.24, 2.45) is 5.10 Å². The molecular formula is C16H14BrN3O5. The number of phenols is 1. The molecule has 9 heteroatoms. The Kier molecular flexibility index (Phi) is 6.07. The summed E-state index contributed by atoms with van der Waals surface area (Å²) in [6, 6.07) is 9.76. The Balaban J connectivity index is 2.06. The third-order valence-corrected chi connectivity index (χ3v) is 3.70. The molecule has 2 rings (SSSR count). The predicted octanol–water partition coefficient (Wildman–Crippen LogP) is 2.76. The van der Waals surface area contributed by atoms with Gasteiger partial charge in [0, 0.05) is 16.1 Å². The number of carbonyl (C=O) groups excluding carboxylic acids is 1. The molecule has 0 saturated heterocycles. The zero-order valence-electron chi connectivity index (χ0n) is 13.1. The van der Waals surface area contributed by atoms with Gasteiger partial charge in [0.2, 0.25) is 11.7 Å². The van der Waals surface area contributed by atoms with Gasteiger partial charge < -0.3 is 9.84 Å². The zero-order chi connectivity index (χ0) is 18.4. The van der Waals surface area contributed by atoms with E-state index in [9.17, 15) is 20.0 Å². The molecule has 0 aliphatic heterocycles. The van der Waals surface area contributed by atoms with Gasteiger partial charge in [0.15, 0.2) is 5.75 Å². The molecule has 1 amide bonds. The summed E-state index contributed by atoms with van der Waals surface area (Å²) in [6.45, 7) is 0. The third kappa shape index (κ3) is 5.01. The van der Waals surface area contributed by atoms with Crippen LogP contribution < -0.4 is 10.2 Å². The Morgan fingerprint density at radius 2 is 2.08 bits per heavy atom. The number of hydrogen-bond acceptors (Lipinski definition) is 6. The maximum absolute atomic E-state index is 11.8. The molecule has 8 nitrogen and oxygen atoms in total. The normalized spacial score (nSPS) is 10.6. The second-order valence-corrected chi connectivity index (χ2v) is 5.86. The molecule has 130 valence electrons. The molecule has 0 bridgehead atoms. The number of hydrogen-bond donors (Lipinski definition) is 2. The fourth-order valence-corrected chi connectivity index (χ4v) is 2.25. The average Bonchev–Trinajstić information content (AvgIpc) is 2.58. The first-order chi connectivity index (χ1) is 11.9. The van der Waals surface area contributed by atoms with Gasteiger partial charge in [0.05, 0.1) is 24.7 Å². The third-order valence-electron chi connectivity index (χ3n) is 3.17. The largest absolute Gasteiger partial charge is 0.500 e. The molecule has 0 unspecified atom stereocenters. The molecule has 0 aromatic heterocycles. The molecule has 0 heterocycles. The Morgan fingerprint density at radius 1 is 1.40 bits per heavy atom. The molecule has 0 aliphatic rings. The summed E-state index contributed by atoms with van der Waals surface area (Å²) < 4.78 is 5.80. The molecule has 2 aromatic carbocycles. The standard InChI is InChI=1S/C16H14BrN3O5/c1-25-14-7-11(6-13(16(14)22)20(23)24)9-18-19-15(21)8-10-2-4-12(17)5-3-10/h2-7,9,22H,8H2,1H3,(H,19,21)/b18-9+. The van der Waals surface area contributed by atoms with E-state index in [2.05, 4.69) is 26.5 Å². The number of rotatable bonds is 6. The summed E-state index contributed by atoms with van der Waals surface area (Å²) in [5, 5.41) is 24.4. The number of nitro groups is 1. The van der Waals surface area contributed by atoms with Crippen molar-refractivity contribution in [2.75, 3.05) is 7.11 Å². The van der Waals surface area contributed by atoms with Gasteiger partial charge in [-0.25, -0.2) is 5.43 Å². The highest BCUT2D eigenvalue weighted by molar-refractivity contribution is 9.10. The monoisotopic (exact) mass is 407 g/mol. The highest BCUT2D eigenvalue weighted by atomic mass is 79.9. The number of methoxy groups -OCH3 is 1. The van der Waals surface area contributed by atoms with Crippen LogP contribution in [0.4, 0.5) is 5.69 Å². The van der Waals surface area contributed by atoms with E-state index in [4.69, 9.17) is 4.74 Å². The number of hydrazone groups is 1. The number of ether oxygens (including phenoxy) is 1. The summed E-state index contributed by atoms with van der Waals surface area (Å²) in [5.74, 6) is -0.959.